The van der Waals surface area contributed by atoms with E-state index in [1.165, 1.54) is 4.68 Å². The predicted molar refractivity (Wildman–Crippen MR) is 119 cm³/mol. The molecule has 0 spiro atoms. The predicted octanol–water partition coefficient (Wildman–Crippen LogP) is 3.03. The van der Waals surface area contributed by atoms with Crippen LogP contribution < -0.4 is 5.69 Å². The molecule has 7 heteroatoms. The highest BCUT2D eigenvalue weighted by molar-refractivity contribution is 5.83. The fraction of sp³-hybridized carbons (Fsp3) is 0.417. The van der Waals surface area contributed by atoms with Crippen LogP contribution in [0.5, 0.6) is 0 Å². The van der Waals surface area contributed by atoms with Gasteiger partial charge in [-0.2, -0.15) is 5.10 Å². The Hall–Kier alpha value is -3.22. The molecule has 2 aromatic heterocycles. The Labute approximate surface area is 182 Å². The standard InChI is InChI=1S/C24H29N5O2/c1-4-27(15-19-9-11-25-12-10-19)23(30)21-6-5-13-28-22(21)26-29(24(28)31)16-20-14-17(2)7-8-18(20)3/h7-12,14,21H,4-6,13,15-16H2,1-3H3. The fourth-order valence-corrected chi connectivity index (χ4v) is 4.25. The highest BCUT2D eigenvalue weighted by Crippen LogP contribution is 2.27. The normalized spacial score (nSPS) is 15.5. The number of aryl methyl sites for hydroxylation is 2. The molecule has 0 aliphatic carbocycles. The first kappa shape index (κ1) is 21.0. The Balaban J connectivity index is 1.61. The van der Waals surface area contributed by atoms with E-state index in [2.05, 4.69) is 28.3 Å². The molecule has 0 bridgehead atoms. The average molecular weight is 420 g/mol. The number of nitrogens with zero attached hydrogens (tertiary/aromatic N) is 5. The molecule has 162 valence electrons. The van der Waals surface area contributed by atoms with Crippen LogP contribution in [0.1, 0.15) is 53.8 Å². The van der Waals surface area contributed by atoms with E-state index in [0.717, 1.165) is 28.7 Å². The van der Waals surface area contributed by atoms with Crippen LogP contribution in [0.3, 0.4) is 0 Å². The van der Waals surface area contributed by atoms with E-state index in [-0.39, 0.29) is 17.5 Å². The zero-order chi connectivity index (χ0) is 22.0. The number of fused-ring (bicyclic) bond motifs is 1. The molecule has 3 heterocycles. The number of carbonyl (C=O) groups is 1. The Kier molecular flexibility index (Phi) is 6.02. The van der Waals surface area contributed by atoms with Crippen LogP contribution in [0.4, 0.5) is 0 Å². The molecule has 0 saturated heterocycles. The smallest absolute Gasteiger partial charge is 0.338 e. The third-order valence-electron chi connectivity index (χ3n) is 6.08. The lowest BCUT2D eigenvalue weighted by atomic mass is 9.97. The largest absolute Gasteiger partial charge is 0.346 e. The van der Waals surface area contributed by atoms with Gasteiger partial charge in [0.05, 0.1) is 12.5 Å². The van der Waals surface area contributed by atoms with Crippen LogP contribution in [0.2, 0.25) is 0 Å². The maximum atomic E-state index is 13.4. The topological polar surface area (TPSA) is 73.0 Å². The van der Waals surface area contributed by atoms with Gasteiger partial charge in [-0.05, 0) is 62.4 Å². The summed E-state index contributed by atoms with van der Waals surface area (Å²) >= 11 is 0. The first-order valence-electron chi connectivity index (χ1n) is 10.9. The summed E-state index contributed by atoms with van der Waals surface area (Å²) in [5.74, 6) is 0.243. The van der Waals surface area contributed by atoms with Crippen LogP contribution >= 0.6 is 0 Å². The van der Waals surface area contributed by atoms with Crippen molar-refractivity contribution in [2.75, 3.05) is 6.54 Å². The summed E-state index contributed by atoms with van der Waals surface area (Å²) in [4.78, 5) is 32.3. The number of carbonyl (C=O) groups excluding carboxylic acids is 1. The molecule has 1 aromatic carbocycles. The lowest BCUT2D eigenvalue weighted by molar-refractivity contribution is -0.134. The summed E-state index contributed by atoms with van der Waals surface area (Å²) in [6.45, 7) is 8.23. The number of likely N-dealkylation sites (N-methyl/N-ethyl adjacent to an activating group) is 1. The van der Waals surface area contributed by atoms with E-state index in [0.29, 0.717) is 38.4 Å². The van der Waals surface area contributed by atoms with E-state index < -0.39 is 0 Å². The molecule has 1 atom stereocenters. The van der Waals surface area contributed by atoms with Gasteiger partial charge in [-0.1, -0.05) is 23.8 Å². The van der Waals surface area contributed by atoms with E-state index in [1.807, 2.05) is 37.8 Å². The van der Waals surface area contributed by atoms with Gasteiger partial charge in [0, 0.05) is 32.0 Å². The van der Waals surface area contributed by atoms with Gasteiger partial charge in [0.1, 0.15) is 5.82 Å². The van der Waals surface area contributed by atoms with Gasteiger partial charge >= 0.3 is 5.69 Å². The minimum absolute atomic E-state index is 0.0316. The zero-order valence-electron chi connectivity index (χ0n) is 18.4. The van der Waals surface area contributed by atoms with Crippen molar-refractivity contribution in [1.29, 1.82) is 0 Å². The van der Waals surface area contributed by atoms with Crippen molar-refractivity contribution in [3.05, 3.63) is 81.3 Å². The van der Waals surface area contributed by atoms with Crippen molar-refractivity contribution in [3.8, 4) is 0 Å². The Morgan fingerprint density at radius 2 is 1.97 bits per heavy atom. The Morgan fingerprint density at radius 3 is 2.71 bits per heavy atom. The fourth-order valence-electron chi connectivity index (χ4n) is 4.25. The van der Waals surface area contributed by atoms with E-state index >= 15 is 0 Å². The zero-order valence-corrected chi connectivity index (χ0v) is 18.4. The molecule has 0 saturated carbocycles. The summed E-state index contributed by atoms with van der Waals surface area (Å²) in [7, 11) is 0. The van der Waals surface area contributed by atoms with E-state index in [9.17, 15) is 9.59 Å². The molecule has 1 aliphatic rings. The summed E-state index contributed by atoms with van der Waals surface area (Å²) in [5.41, 5.74) is 4.27. The lowest BCUT2D eigenvalue weighted by Gasteiger charge is -2.28. The summed E-state index contributed by atoms with van der Waals surface area (Å²) in [5, 5.41) is 4.65. The maximum absolute atomic E-state index is 13.4. The maximum Gasteiger partial charge on any atom is 0.346 e. The second-order valence-electron chi connectivity index (χ2n) is 8.28. The number of pyridine rings is 1. The van der Waals surface area contributed by atoms with Crippen molar-refractivity contribution in [2.24, 2.45) is 0 Å². The molecule has 31 heavy (non-hydrogen) atoms. The molecule has 0 N–H and O–H groups in total. The van der Waals surface area contributed by atoms with Gasteiger partial charge in [-0.25, -0.2) is 9.48 Å². The van der Waals surface area contributed by atoms with Crippen LogP contribution in [0, 0.1) is 13.8 Å². The van der Waals surface area contributed by atoms with Gasteiger partial charge in [0.15, 0.2) is 0 Å². The number of rotatable bonds is 6. The highest BCUT2D eigenvalue weighted by atomic mass is 16.2. The summed E-state index contributed by atoms with van der Waals surface area (Å²) in [6.07, 6.45) is 4.98. The third-order valence-corrected chi connectivity index (χ3v) is 6.08. The molecular formula is C24H29N5O2. The lowest BCUT2D eigenvalue weighted by Crippen LogP contribution is -2.38. The second kappa shape index (κ2) is 8.88. The number of hydrogen-bond acceptors (Lipinski definition) is 4. The molecule has 3 aromatic rings. The molecule has 4 rings (SSSR count). The molecule has 1 aliphatic heterocycles. The van der Waals surface area contributed by atoms with Crippen LogP contribution in [-0.2, 0) is 24.4 Å². The van der Waals surface area contributed by atoms with Gasteiger partial charge in [0.2, 0.25) is 5.91 Å². The molecule has 0 fully saturated rings. The van der Waals surface area contributed by atoms with Crippen LogP contribution in [-0.4, -0.2) is 36.7 Å². The van der Waals surface area contributed by atoms with Crippen molar-refractivity contribution in [3.63, 3.8) is 0 Å². The SMILES string of the molecule is CCN(Cc1ccncc1)C(=O)C1CCCn2c1nn(Cc1cc(C)ccc1C)c2=O. The Bertz CT molecular complexity index is 1130. The first-order valence-corrected chi connectivity index (χ1v) is 10.9. The first-order chi connectivity index (χ1) is 15.0. The quantitative estimate of drug-likeness (QED) is 0.616. The molecular weight excluding hydrogens is 390 g/mol. The van der Waals surface area contributed by atoms with Crippen molar-refractivity contribution < 1.29 is 4.79 Å². The minimum Gasteiger partial charge on any atom is -0.338 e. The van der Waals surface area contributed by atoms with Gasteiger partial charge in [-0.3, -0.25) is 14.3 Å². The molecule has 1 unspecified atom stereocenters. The number of hydrogen-bond donors (Lipinski definition) is 0. The van der Waals surface area contributed by atoms with Gasteiger partial charge < -0.3 is 4.90 Å². The number of benzene rings is 1. The van der Waals surface area contributed by atoms with Crippen molar-refractivity contribution >= 4 is 5.91 Å². The minimum atomic E-state index is -0.386. The second-order valence-corrected chi connectivity index (χ2v) is 8.28. The van der Waals surface area contributed by atoms with E-state index in [1.54, 1.807) is 17.0 Å². The van der Waals surface area contributed by atoms with Crippen LogP contribution in [0.25, 0.3) is 0 Å². The number of amides is 1. The molecule has 1 amide bonds. The van der Waals surface area contributed by atoms with E-state index in [4.69, 9.17) is 0 Å². The van der Waals surface area contributed by atoms with Gasteiger partial charge in [-0.15, -0.1) is 0 Å². The van der Waals surface area contributed by atoms with Crippen LogP contribution in [0.15, 0.2) is 47.5 Å². The third kappa shape index (κ3) is 4.31. The van der Waals surface area contributed by atoms with Gasteiger partial charge in [0.25, 0.3) is 0 Å². The number of aromatic nitrogens is 4. The van der Waals surface area contributed by atoms with Crippen molar-refractivity contribution in [1.82, 2.24) is 24.2 Å². The molecule has 7 nitrogen and oxygen atoms in total. The summed E-state index contributed by atoms with van der Waals surface area (Å²) < 4.78 is 3.21. The highest BCUT2D eigenvalue weighted by Gasteiger charge is 2.33. The Morgan fingerprint density at radius 1 is 1.19 bits per heavy atom. The molecule has 0 radical (unpaired) electrons. The van der Waals surface area contributed by atoms with Crippen molar-refractivity contribution in [2.45, 2.75) is 59.2 Å². The monoisotopic (exact) mass is 419 g/mol. The summed E-state index contributed by atoms with van der Waals surface area (Å²) in [6, 6.07) is 10.1. The average Bonchev–Trinajstić information content (AvgIpc) is 3.10.